The molecule has 0 bridgehead atoms. The molecule has 0 aliphatic heterocycles. The number of rotatable bonds is 4. The van der Waals surface area contributed by atoms with Crippen molar-refractivity contribution in [2.45, 2.75) is 55.3 Å². The van der Waals surface area contributed by atoms with E-state index in [4.69, 9.17) is 0 Å². The number of carbonyl (C=O) groups is 1. The number of thiophene rings is 4. The first-order valence-corrected chi connectivity index (χ1v) is 35.8. The van der Waals surface area contributed by atoms with E-state index < -0.39 is 36.8 Å². The first-order chi connectivity index (χ1) is 16.8. The van der Waals surface area contributed by atoms with Crippen molar-refractivity contribution in [2.24, 2.45) is 0 Å². The Hall–Kier alpha value is -0.193. The number of aryl methyl sites for hydroxylation is 2. The van der Waals surface area contributed by atoms with Crippen LogP contribution in [0.5, 0.6) is 0 Å². The van der Waals surface area contributed by atoms with Crippen molar-refractivity contribution in [2.75, 3.05) is 0 Å². The first kappa shape index (κ1) is 26.1. The van der Waals surface area contributed by atoms with E-state index in [2.05, 4.69) is 79.9 Å². The third-order valence-electron chi connectivity index (χ3n) is 7.26. The van der Waals surface area contributed by atoms with E-state index in [1.165, 1.54) is 46.0 Å². The molecule has 0 fully saturated rings. The van der Waals surface area contributed by atoms with Crippen molar-refractivity contribution >= 4 is 105 Å². The standard InChI is InChI=1S/C23H14OS4.6CH3.2Sn/c1-11-9-13-14-10-12(2)28-23(14)20-18(16-6-4-8-26-16)21(24)17(15-5-3-7-25-15)19(20)22(13)27-11;;;;;;;;/h3-6,9-10,17,19H,1-2H3;6*1H3;;. The molecule has 4 aromatic heterocycles. The average molecular weight is 762 g/mol. The zero-order chi connectivity index (χ0) is 25.7. The Labute approximate surface area is 239 Å². The zero-order valence-electron chi connectivity index (χ0n) is 22.2. The summed E-state index contributed by atoms with van der Waals surface area (Å²) in [6.45, 7) is 4.43. The molecule has 1 nitrogen and oxygen atoms in total. The van der Waals surface area contributed by atoms with Crippen molar-refractivity contribution in [1.82, 2.24) is 0 Å². The van der Waals surface area contributed by atoms with Crippen LogP contribution in [0, 0.1) is 13.8 Å². The van der Waals surface area contributed by atoms with Crippen LogP contribution in [-0.2, 0) is 4.79 Å². The maximum absolute atomic E-state index is 14.6. The quantitative estimate of drug-likeness (QED) is 0.190. The first-order valence-electron chi connectivity index (χ1n) is 12.6. The van der Waals surface area contributed by atoms with Crippen molar-refractivity contribution in [3.05, 3.63) is 65.7 Å². The van der Waals surface area contributed by atoms with E-state index in [-0.39, 0.29) is 11.8 Å². The summed E-state index contributed by atoms with van der Waals surface area (Å²) in [6, 6.07) is 14.0. The summed E-state index contributed by atoms with van der Waals surface area (Å²) in [7, 11) is 0. The number of hydrogen-bond donors (Lipinski definition) is 0. The summed E-state index contributed by atoms with van der Waals surface area (Å²) >= 11 is 3.18. The number of hydrogen-bond acceptors (Lipinski definition) is 5. The molecule has 6 rings (SSSR count). The van der Waals surface area contributed by atoms with Gasteiger partial charge in [0.05, 0.1) is 0 Å². The predicted molar refractivity (Wildman–Crippen MR) is 169 cm³/mol. The molecule has 2 aliphatic rings. The third-order valence-corrected chi connectivity index (χ3v) is 30.7. The van der Waals surface area contributed by atoms with E-state index >= 15 is 0 Å². The fourth-order valence-electron chi connectivity index (χ4n) is 5.53. The van der Waals surface area contributed by atoms with Crippen LogP contribution in [0.2, 0.25) is 29.6 Å². The molecule has 0 amide bonds. The molecule has 0 radical (unpaired) electrons. The molecule has 2 unspecified atom stereocenters. The summed E-state index contributed by atoms with van der Waals surface area (Å²) in [5, 5.41) is 0. The number of Topliss-reactive ketones (excluding diaryl/α,β-unsaturated/α-hetero) is 1. The molecule has 2 aliphatic carbocycles. The minimum absolute atomic E-state index is 0.0987. The van der Waals surface area contributed by atoms with Gasteiger partial charge >= 0.3 is 242 Å². The Morgan fingerprint density at radius 3 is 1.94 bits per heavy atom. The Morgan fingerprint density at radius 1 is 0.694 bits per heavy atom. The van der Waals surface area contributed by atoms with Gasteiger partial charge in [0.2, 0.25) is 0 Å². The van der Waals surface area contributed by atoms with E-state index in [9.17, 15) is 4.79 Å². The SMILES string of the molecule is Cc1cc2c(s1)C1=C(c3cc[c]([Sn]([CH3])([CH3])[CH3])s3)C(=O)C(c3cc[c]([Sn]([CH3])([CH3])[CH3])s3)C1c1sc(C)cc1-2. The van der Waals surface area contributed by atoms with Gasteiger partial charge in [-0.2, -0.15) is 0 Å². The van der Waals surface area contributed by atoms with E-state index in [1.54, 1.807) is 5.79 Å². The molecule has 0 saturated heterocycles. The van der Waals surface area contributed by atoms with Crippen LogP contribution in [0.3, 0.4) is 0 Å². The molecule has 0 aromatic carbocycles. The van der Waals surface area contributed by atoms with Gasteiger partial charge in [0.25, 0.3) is 0 Å². The number of ketones is 1. The summed E-state index contributed by atoms with van der Waals surface area (Å²) in [6.07, 6.45) is 0. The van der Waals surface area contributed by atoms with Crippen LogP contribution in [-0.4, -0.2) is 42.5 Å². The van der Waals surface area contributed by atoms with Gasteiger partial charge in [0, 0.05) is 0 Å². The molecule has 0 spiro atoms. The molecular formula is C29H32OS4Sn2. The molecule has 7 heteroatoms. The predicted octanol–water partition coefficient (Wildman–Crippen LogP) is 8.68. The second kappa shape index (κ2) is 8.91. The Balaban J connectivity index is 1.62. The van der Waals surface area contributed by atoms with Crippen LogP contribution in [0.1, 0.15) is 41.1 Å². The monoisotopic (exact) mass is 764 g/mol. The molecular weight excluding hydrogens is 730 g/mol. The van der Waals surface area contributed by atoms with Gasteiger partial charge in [0.1, 0.15) is 0 Å². The Kier molecular flexibility index (Phi) is 6.45. The normalized spacial score (nSPS) is 19.6. The van der Waals surface area contributed by atoms with Crippen molar-refractivity contribution in [3.8, 4) is 11.1 Å². The summed E-state index contributed by atoms with van der Waals surface area (Å²) in [4.78, 5) is 37.4. The van der Waals surface area contributed by atoms with E-state index in [0.29, 0.717) is 5.78 Å². The third kappa shape index (κ3) is 4.14. The van der Waals surface area contributed by atoms with Crippen LogP contribution in [0.15, 0.2) is 36.4 Å². The Morgan fingerprint density at radius 2 is 1.31 bits per heavy atom. The fraction of sp³-hybridized carbons (Fsp3) is 0.345. The molecule has 186 valence electrons. The van der Waals surface area contributed by atoms with Gasteiger partial charge in [-0.05, 0) is 0 Å². The molecule has 0 N–H and O–H groups in total. The van der Waals surface area contributed by atoms with Gasteiger partial charge in [0.15, 0.2) is 0 Å². The molecule has 4 aromatic rings. The zero-order valence-corrected chi connectivity index (χ0v) is 31.1. The van der Waals surface area contributed by atoms with Gasteiger partial charge in [-0.1, -0.05) is 0 Å². The van der Waals surface area contributed by atoms with Crippen LogP contribution < -0.4 is 5.79 Å². The second-order valence-electron chi connectivity index (χ2n) is 12.2. The van der Waals surface area contributed by atoms with Gasteiger partial charge in [-0.3, -0.25) is 0 Å². The van der Waals surface area contributed by atoms with Crippen LogP contribution in [0.4, 0.5) is 0 Å². The molecule has 36 heavy (non-hydrogen) atoms. The number of allylic oxidation sites excluding steroid dienone is 2. The summed E-state index contributed by atoms with van der Waals surface area (Å²) < 4.78 is 3.11. The van der Waals surface area contributed by atoms with Gasteiger partial charge < -0.3 is 0 Å². The average Bonchev–Trinajstić information content (AvgIpc) is 3.54. The van der Waals surface area contributed by atoms with Gasteiger partial charge in [-0.25, -0.2) is 0 Å². The summed E-state index contributed by atoms with van der Waals surface area (Å²) in [5.41, 5.74) is 5.05. The molecule has 4 heterocycles. The topological polar surface area (TPSA) is 17.1 Å². The maximum atomic E-state index is 14.6. The Bertz CT molecular complexity index is 1560. The van der Waals surface area contributed by atoms with Crippen molar-refractivity contribution < 1.29 is 4.79 Å². The number of carbonyl (C=O) groups excluding carboxylic acids is 1. The number of fused-ring (bicyclic) bond motifs is 6. The second-order valence-corrected chi connectivity index (χ2v) is 47.8. The van der Waals surface area contributed by atoms with Crippen LogP contribution >= 0.6 is 45.3 Å². The fourth-order valence-corrected chi connectivity index (χ4v) is 20.7. The van der Waals surface area contributed by atoms with Gasteiger partial charge in [-0.15, -0.1) is 0 Å². The van der Waals surface area contributed by atoms with Crippen molar-refractivity contribution in [1.29, 1.82) is 0 Å². The minimum atomic E-state index is -2.23. The molecule has 0 saturated carbocycles. The molecule has 2 atom stereocenters. The van der Waals surface area contributed by atoms with Crippen LogP contribution in [0.25, 0.3) is 22.3 Å². The van der Waals surface area contributed by atoms with E-state index in [1.807, 2.05) is 45.3 Å². The van der Waals surface area contributed by atoms with E-state index in [0.717, 1.165) is 5.57 Å². The van der Waals surface area contributed by atoms with Crippen molar-refractivity contribution in [3.63, 3.8) is 0 Å². The summed E-state index contributed by atoms with van der Waals surface area (Å²) in [5.74, 6) is 0.386.